The maximum atomic E-state index is 5.57. The fourth-order valence-corrected chi connectivity index (χ4v) is 1.77. The van der Waals surface area contributed by atoms with E-state index in [9.17, 15) is 0 Å². The van der Waals surface area contributed by atoms with E-state index in [2.05, 4.69) is 23.1 Å². The van der Waals surface area contributed by atoms with Gasteiger partial charge in [-0.2, -0.15) is 0 Å². The lowest BCUT2D eigenvalue weighted by atomic mass is 10.1. The SMILES string of the molecule is CCCCOCCc1c[nH]c2cnccc12. The van der Waals surface area contributed by atoms with Crippen molar-refractivity contribution in [2.24, 2.45) is 0 Å². The molecule has 2 heterocycles. The fraction of sp³-hybridized carbons (Fsp3) is 0.462. The minimum absolute atomic E-state index is 0.801. The number of hydrogen-bond acceptors (Lipinski definition) is 2. The van der Waals surface area contributed by atoms with Crippen LogP contribution in [0.3, 0.4) is 0 Å². The number of unbranched alkanes of at least 4 members (excludes halogenated alkanes) is 1. The normalized spacial score (nSPS) is 11.1. The van der Waals surface area contributed by atoms with Gasteiger partial charge in [0.05, 0.1) is 18.3 Å². The molecular weight excluding hydrogens is 200 g/mol. The Labute approximate surface area is 95.8 Å². The lowest BCUT2D eigenvalue weighted by Crippen LogP contribution is -1.99. The molecule has 0 aliphatic rings. The van der Waals surface area contributed by atoms with Crippen LogP contribution in [0.25, 0.3) is 10.9 Å². The zero-order chi connectivity index (χ0) is 11.2. The molecule has 2 aromatic heterocycles. The van der Waals surface area contributed by atoms with Gasteiger partial charge in [0.2, 0.25) is 0 Å². The minimum atomic E-state index is 0.801. The molecule has 0 fully saturated rings. The highest BCUT2D eigenvalue weighted by atomic mass is 16.5. The first-order chi connectivity index (χ1) is 7.92. The average molecular weight is 218 g/mol. The molecule has 1 N–H and O–H groups in total. The summed E-state index contributed by atoms with van der Waals surface area (Å²) in [5.41, 5.74) is 2.42. The summed E-state index contributed by atoms with van der Waals surface area (Å²) in [5.74, 6) is 0. The Kier molecular flexibility index (Phi) is 3.94. The highest BCUT2D eigenvalue weighted by Crippen LogP contribution is 2.16. The second kappa shape index (κ2) is 5.66. The monoisotopic (exact) mass is 218 g/mol. The molecule has 0 amide bonds. The van der Waals surface area contributed by atoms with Crippen LogP contribution in [0.2, 0.25) is 0 Å². The zero-order valence-electron chi connectivity index (χ0n) is 9.70. The zero-order valence-corrected chi connectivity index (χ0v) is 9.70. The van der Waals surface area contributed by atoms with E-state index < -0.39 is 0 Å². The highest BCUT2D eigenvalue weighted by molar-refractivity contribution is 5.82. The number of nitrogens with one attached hydrogen (secondary N) is 1. The first kappa shape index (κ1) is 11.1. The molecule has 2 aromatic rings. The summed E-state index contributed by atoms with van der Waals surface area (Å²) >= 11 is 0. The van der Waals surface area contributed by atoms with Gasteiger partial charge in [0, 0.05) is 24.4 Å². The van der Waals surface area contributed by atoms with Crippen LogP contribution in [-0.4, -0.2) is 23.2 Å². The topological polar surface area (TPSA) is 37.9 Å². The van der Waals surface area contributed by atoms with Crippen molar-refractivity contribution in [3.05, 3.63) is 30.2 Å². The number of aromatic amines is 1. The van der Waals surface area contributed by atoms with Gasteiger partial charge in [-0.1, -0.05) is 13.3 Å². The van der Waals surface area contributed by atoms with Crippen molar-refractivity contribution >= 4 is 10.9 Å². The molecule has 3 nitrogen and oxygen atoms in total. The van der Waals surface area contributed by atoms with Crippen molar-refractivity contribution < 1.29 is 4.74 Å². The van der Waals surface area contributed by atoms with Crippen molar-refractivity contribution in [1.29, 1.82) is 0 Å². The first-order valence-electron chi connectivity index (χ1n) is 5.89. The Morgan fingerprint density at radius 3 is 3.19 bits per heavy atom. The molecule has 3 heteroatoms. The van der Waals surface area contributed by atoms with E-state index in [4.69, 9.17) is 4.74 Å². The number of pyridine rings is 1. The number of aromatic nitrogens is 2. The van der Waals surface area contributed by atoms with Crippen LogP contribution in [0.15, 0.2) is 24.7 Å². The number of ether oxygens (including phenoxy) is 1. The molecule has 0 bridgehead atoms. The molecule has 0 aromatic carbocycles. The van der Waals surface area contributed by atoms with Crippen molar-refractivity contribution in [3.63, 3.8) is 0 Å². The molecule has 0 saturated heterocycles. The van der Waals surface area contributed by atoms with E-state index in [1.54, 1.807) is 0 Å². The molecule has 0 radical (unpaired) electrons. The van der Waals surface area contributed by atoms with Gasteiger partial charge in [-0.25, -0.2) is 0 Å². The van der Waals surface area contributed by atoms with Crippen LogP contribution in [0.4, 0.5) is 0 Å². The number of fused-ring (bicyclic) bond motifs is 1. The predicted molar refractivity (Wildman–Crippen MR) is 65.5 cm³/mol. The standard InChI is InChI=1S/C13H18N2O/c1-2-3-7-16-8-5-11-9-15-13-10-14-6-4-12(11)13/h4,6,9-10,15H,2-3,5,7-8H2,1H3. The van der Waals surface area contributed by atoms with Gasteiger partial charge in [-0.05, 0) is 24.5 Å². The Bertz CT molecular complexity index is 436. The molecule has 0 spiro atoms. The molecule has 16 heavy (non-hydrogen) atoms. The quantitative estimate of drug-likeness (QED) is 0.757. The largest absolute Gasteiger partial charge is 0.381 e. The van der Waals surface area contributed by atoms with E-state index >= 15 is 0 Å². The molecule has 0 aliphatic carbocycles. The van der Waals surface area contributed by atoms with Crippen LogP contribution in [-0.2, 0) is 11.2 Å². The average Bonchev–Trinajstić information content (AvgIpc) is 2.73. The third-order valence-corrected chi connectivity index (χ3v) is 2.73. The summed E-state index contributed by atoms with van der Waals surface area (Å²) in [7, 11) is 0. The number of rotatable bonds is 6. The summed E-state index contributed by atoms with van der Waals surface area (Å²) in [6, 6.07) is 2.05. The Hall–Kier alpha value is -1.35. The van der Waals surface area contributed by atoms with Gasteiger partial charge < -0.3 is 9.72 Å². The van der Waals surface area contributed by atoms with Gasteiger partial charge in [0.25, 0.3) is 0 Å². The van der Waals surface area contributed by atoms with Crippen molar-refractivity contribution in [1.82, 2.24) is 9.97 Å². The Balaban J connectivity index is 1.89. The van der Waals surface area contributed by atoms with E-state index in [1.165, 1.54) is 17.4 Å². The van der Waals surface area contributed by atoms with Crippen molar-refractivity contribution in [2.75, 3.05) is 13.2 Å². The Morgan fingerprint density at radius 1 is 1.38 bits per heavy atom. The second-order valence-electron chi connectivity index (χ2n) is 3.95. The maximum Gasteiger partial charge on any atom is 0.0643 e. The van der Waals surface area contributed by atoms with E-state index in [1.807, 2.05) is 18.5 Å². The number of nitrogens with zero attached hydrogens (tertiary/aromatic N) is 1. The molecular formula is C13H18N2O. The van der Waals surface area contributed by atoms with Crippen molar-refractivity contribution in [3.8, 4) is 0 Å². The van der Waals surface area contributed by atoms with Gasteiger partial charge in [-0.3, -0.25) is 4.98 Å². The number of hydrogen-bond donors (Lipinski definition) is 1. The van der Waals surface area contributed by atoms with Crippen molar-refractivity contribution in [2.45, 2.75) is 26.2 Å². The molecule has 0 aliphatic heterocycles. The van der Waals surface area contributed by atoms with Gasteiger partial charge in [0.15, 0.2) is 0 Å². The van der Waals surface area contributed by atoms with E-state index in [0.717, 1.165) is 31.6 Å². The lowest BCUT2D eigenvalue weighted by Gasteiger charge is -2.02. The first-order valence-corrected chi connectivity index (χ1v) is 5.89. The summed E-state index contributed by atoms with van der Waals surface area (Å²) < 4.78 is 5.57. The van der Waals surface area contributed by atoms with E-state index in [0.29, 0.717) is 0 Å². The van der Waals surface area contributed by atoms with Gasteiger partial charge >= 0.3 is 0 Å². The van der Waals surface area contributed by atoms with Gasteiger partial charge in [-0.15, -0.1) is 0 Å². The predicted octanol–water partition coefficient (Wildman–Crippen LogP) is 2.92. The molecule has 0 atom stereocenters. The maximum absolute atomic E-state index is 5.57. The number of H-pyrrole nitrogens is 1. The molecule has 2 rings (SSSR count). The fourth-order valence-electron chi connectivity index (χ4n) is 1.77. The highest BCUT2D eigenvalue weighted by Gasteiger charge is 2.02. The van der Waals surface area contributed by atoms with Crippen LogP contribution in [0, 0.1) is 0 Å². The van der Waals surface area contributed by atoms with Crippen LogP contribution < -0.4 is 0 Å². The van der Waals surface area contributed by atoms with Gasteiger partial charge in [0.1, 0.15) is 0 Å². The van der Waals surface area contributed by atoms with E-state index in [-0.39, 0.29) is 0 Å². The summed E-state index contributed by atoms with van der Waals surface area (Å²) in [4.78, 5) is 7.31. The summed E-state index contributed by atoms with van der Waals surface area (Å²) in [6.45, 7) is 3.85. The minimum Gasteiger partial charge on any atom is -0.381 e. The Morgan fingerprint density at radius 2 is 2.31 bits per heavy atom. The lowest BCUT2D eigenvalue weighted by molar-refractivity contribution is 0.134. The third kappa shape index (κ3) is 2.61. The third-order valence-electron chi connectivity index (χ3n) is 2.73. The van der Waals surface area contributed by atoms with Crippen LogP contribution >= 0.6 is 0 Å². The molecule has 0 saturated carbocycles. The smallest absolute Gasteiger partial charge is 0.0643 e. The molecule has 0 unspecified atom stereocenters. The van der Waals surface area contributed by atoms with Crippen LogP contribution in [0.1, 0.15) is 25.3 Å². The second-order valence-corrected chi connectivity index (χ2v) is 3.95. The summed E-state index contributed by atoms with van der Waals surface area (Å²) in [6.07, 6.45) is 9.05. The summed E-state index contributed by atoms with van der Waals surface area (Å²) in [5, 5.41) is 1.26. The van der Waals surface area contributed by atoms with Crippen LogP contribution in [0.5, 0.6) is 0 Å². The molecule has 86 valence electrons.